The summed E-state index contributed by atoms with van der Waals surface area (Å²) < 4.78 is 1.43. The van der Waals surface area contributed by atoms with E-state index in [1.807, 2.05) is 0 Å². The second kappa shape index (κ2) is 7.98. The van der Waals surface area contributed by atoms with Gasteiger partial charge in [0.15, 0.2) is 0 Å². The molecule has 3 aromatic rings. The monoisotopic (exact) mass is 389 g/mol. The molecule has 1 amide bonds. The largest absolute Gasteiger partial charge is 0.478 e. The Morgan fingerprint density at radius 2 is 1.88 bits per heavy atom. The van der Waals surface area contributed by atoms with Crippen molar-refractivity contribution in [3.05, 3.63) is 59.1 Å². The Labute approximate surface area is 157 Å². The van der Waals surface area contributed by atoms with Crippen molar-refractivity contribution in [2.45, 2.75) is 5.16 Å². The van der Waals surface area contributed by atoms with Crippen LogP contribution in [0.4, 0.5) is 5.69 Å². The number of aromatic nitrogens is 4. The zero-order valence-corrected chi connectivity index (χ0v) is 14.7. The maximum absolute atomic E-state index is 12.1. The summed E-state index contributed by atoms with van der Waals surface area (Å²) in [4.78, 5) is 23.0. The van der Waals surface area contributed by atoms with Crippen LogP contribution in [0.3, 0.4) is 0 Å². The van der Waals surface area contributed by atoms with Crippen LogP contribution < -0.4 is 5.32 Å². The second-order valence-corrected chi connectivity index (χ2v) is 6.39. The van der Waals surface area contributed by atoms with Gasteiger partial charge in [0.1, 0.15) is 0 Å². The van der Waals surface area contributed by atoms with Gasteiger partial charge in [-0.1, -0.05) is 35.5 Å². The predicted molar refractivity (Wildman–Crippen MR) is 96.9 cm³/mol. The number of carboxylic acids is 1. The fourth-order valence-electron chi connectivity index (χ4n) is 2.06. The molecule has 0 unspecified atom stereocenters. The number of nitrogens with zero attached hydrogens (tertiary/aromatic N) is 4. The molecule has 0 atom stereocenters. The quantitative estimate of drug-likeness (QED) is 0.623. The van der Waals surface area contributed by atoms with Crippen molar-refractivity contribution in [1.82, 2.24) is 20.2 Å². The molecule has 10 heteroatoms. The molecular formula is C16H12ClN5O3S. The number of para-hydroxylation sites is 1. The van der Waals surface area contributed by atoms with Gasteiger partial charge in [0.25, 0.3) is 0 Å². The number of hydrogen-bond acceptors (Lipinski definition) is 6. The molecule has 0 saturated heterocycles. The van der Waals surface area contributed by atoms with Crippen molar-refractivity contribution < 1.29 is 14.7 Å². The summed E-state index contributed by atoms with van der Waals surface area (Å²) in [5.41, 5.74) is 1.28. The summed E-state index contributed by atoms with van der Waals surface area (Å²) in [5.74, 6) is -1.18. The summed E-state index contributed by atoms with van der Waals surface area (Å²) >= 11 is 7.16. The molecule has 0 radical (unpaired) electrons. The molecule has 2 N–H and O–H groups in total. The first kappa shape index (κ1) is 17.9. The Hall–Kier alpha value is -2.91. The van der Waals surface area contributed by atoms with E-state index >= 15 is 0 Å². The topological polar surface area (TPSA) is 110 Å². The third-order valence-electron chi connectivity index (χ3n) is 3.28. The molecule has 26 heavy (non-hydrogen) atoms. The number of nitrogens with one attached hydrogen (secondary N) is 1. The Morgan fingerprint density at radius 1 is 1.15 bits per heavy atom. The van der Waals surface area contributed by atoms with Crippen LogP contribution in [0.2, 0.25) is 5.02 Å². The average Bonchev–Trinajstić information content (AvgIpc) is 3.10. The van der Waals surface area contributed by atoms with Gasteiger partial charge in [0.2, 0.25) is 11.1 Å². The van der Waals surface area contributed by atoms with Gasteiger partial charge in [-0.15, -0.1) is 5.10 Å². The smallest absolute Gasteiger partial charge is 0.335 e. The molecule has 3 rings (SSSR count). The third-order valence-corrected chi connectivity index (χ3v) is 4.53. The highest BCUT2D eigenvalue weighted by molar-refractivity contribution is 7.99. The van der Waals surface area contributed by atoms with Gasteiger partial charge in [-0.05, 0) is 46.8 Å². The zero-order chi connectivity index (χ0) is 18.5. The lowest BCUT2D eigenvalue weighted by atomic mass is 10.2. The van der Waals surface area contributed by atoms with Crippen LogP contribution in [0.25, 0.3) is 5.69 Å². The van der Waals surface area contributed by atoms with E-state index in [0.29, 0.717) is 21.6 Å². The Kier molecular flexibility index (Phi) is 5.49. The van der Waals surface area contributed by atoms with Crippen molar-refractivity contribution in [2.24, 2.45) is 0 Å². The Balaban J connectivity index is 1.66. The summed E-state index contributed by atoms with van der Waals surface area (Å²) in [7, 11) is 0. The number of aromatic carboxylic acids is 1. The maximum atomic E-state index is 12.1. The number of carboxylic acid groups (broad SMARTS) is 1. The summed E-state index contributed by atoms with van der Waals surface area (Å²) in [6, 6.07) is 13.0. The number of tetrazole rings is 1. The first-order valence-electron chi connectivity index (χ1n) is 7.34. The van der Waals surface area contributed by atoms with E-state index in [1.54, 1.807) is 36.4 Å². The predicted octanol–water partition coefficient (Wildman–Crippen LogP) is 2.74. The molecule has 0 fully saturated rings. The van der Waals surface area contributed by atoms with Crippen LogP contribution >= 0.6 is 23.4 Å². The second-order valence-electron chi connectivity index (χ2n) is 5.04. The van der Waals surface area contributed by atoms with Crippen LogP contribution in [0, 0.1) is 0 Å². The van der Waals surface area contributed by atoms with Gasteiger partial charge in [-0.25, -0.2) is 4.79 Å². The number of thioether (sulfide) groups is 1. The van der Waals surface area contributed by atoms with Gasteiger partial charge in [-0.2, -0.15) is 4.68 Å². The number of benzene rings is 2. The number of halogens is 1. The highest BCUT2D eigenvalue weighted by atomic mass is 35.5. The number of rotatable bonds is 6. The van der Waals surface area contributed by atoms with Crippen LogP contribution in [-0.2, 0) is 4.79 Å². The number of amides is 1. The average molecular weight is 390 g/mol. The van der Waals surface area contributed by atoms with Gasteiger partial charge >= 0.3 is 5.97 Å². The van der Waals surface area contributed by atoms with Crippen LogP contribution in [0.5, 0.6) is 0 Å². The van der Waals surface area contributed by atoms with Gasteiger partial charge in [0.05, 0.1) is 27.7 Å². The molecule has 0 bridgehead atoms. The lowest BCUT2D eigenvalue weighted by Gasteiger charge is -2.07. The standard InChI is InChI=1S/C16H12ClN5O3S/c17-12-3-1-2-4-13(12)18-14(23)9-26-16-19-20-21-22(16)11-7-5-10(6-8-11)15(24)25/h1-8H,9H2,(H,18,23)(H,24,25). The lowest BCUT2D eigenvalue weighted by molar-refractivity contribution is -0.113. The first-order valence-corrected chi connectivity index (χ1v) is 8.70. The number of hydrogen-bond donors (Lipinski definition) is 2. The van der Waals surface area contributed by atoms with Crippen molar-refractivity contribution in [3.8, 4) is 5.69 Å². The highest BCUT2D eigenvalue weighted by Crippen LogP contribution is 2.22. The minimum Gasteiger partial charge on any atom is -0.478 e. The van der Waals surface area contributed by atoms with Crippen molar-refractivity contribution in [3.63, 3.8) is 0 Å². The SMILES string of the molecule is O=C(CSc1nnnn1-c1ccc(C(=O)O)cc1)Nc1ccccc1Cl. The minimum atomic E-state index is -1.01. The normalized spacial score (nSPS) is 10.5. The molecule has 0 saturated carbocycles. The van der Waals surface area contributed by atoms with E-state index in [2.05, 4.69) is 20.8 Å². The van der Waals surface area contributed by atoms with Crippen LogP contribution in [-0.4, -0.2) is 42.9 Å². The molecule has 2 aromatic carbocycles. The molecule has 1 heterocycles. The lowest BCUT2D eigenvalue weighted by Crippen LogP contribution is -2.14. The molecular weight excluding hydrogens is 378 g/mol. The van der Waals surface area contributed by atoms with E-state index < -0.39 is 5.97 Å². The maximum Gasteiger partial charge on any atom is 0.335 e. The summed E-state index contributed by atoms with van der Waals surface area (Å²) in [5, 5.41) is 23.9. The summed E-state index contributed by atoms with van der Waals surface area (Å²) in [6.07, 6.45) is 0. The fourth-order valence-corrected chi connectivity index (χ4v) is 2.93. The van der Waals surface area contributed by atoms with Crippen molar-refractivity contribution >= 4 is 40.9 Å². The van der Waals surface area contributed by atoms with Crippen LogP contribution in [0.15, 0.2) is 53.7 Å². The highest BCUT2D eigenvalue weighted by Gasteiger charge is 2.13. The number of carbonyl (C=O) groups is 2. The minimum absolute atomic E-state index is 0.0821. The van der Waals surface area contributed by atoms with E-state index in [-0.39, 0.29) is 17.2 Å². The van der Waals surface area contributed by atoms with Gasteiger partial charge in [-0.3, -0.25) is 4.79 Å². The fraction of sp³-hybridized carbons (Fsp3) is 0.0625. The molecule has 1 aromatic heterocycles. The molecule has 8 nitrogen and oxygen atoms in total. The molecule has 0 aliphatic carbocycles. The van der Waals surface area contributed by atoms with Crippen molar-refractivity contribution in [2.75, 3.05) is 11.1 Å². The first-order chi connectivity index (χ1) is 12.5. The number of carbonyl (C=O) groups excluding carboxylic acids is 1. The van der Waals surface area contributed by atoms with Crippen molar-refractivity contribution in [1.29, 1.82) is 0 Å². The molecule has 132 valence electrons. The Bertz CT molecular complexity index is 945. The van der Waals surface area contributed by atoms with E-state index in [9.17, 15) is 9.59 Å². The van der Waals surface area contributed by atoms with E-state index in [0.717, 1.165) is 11.8 Å². The Morgan fingerprint density at radius 3 is 2.58 bits per heavy atom. The van der Waals surface area contributed by atoms with Gasteiger partial charge in [0, 0.05) is 0 Å². The number of anilines is 1. The van der Waals surface area contributed by atoms with Gasteiger partial charge < -0.3 is 10.4 Å². The molecule has 0 spiro atoms. The molecule has 0 aliphatic heterocycles. The zero-order valence-electron chi connectivity index (χ0n) is 13.2. The molecule has 0 aliphatic rings. The van der Waals surface area contributed by atoms with E-state index in [1.165, 1.54) is 16.8 Å². The van der Waals surface area contributed by atoms with E-state index in [4.69, 9.17) is 16.7 Å². The summed E-state index contributed by atoms with van der Waals surface area (Å²) in [6.45, 7) is 0. The van der Waals surface area contributed by atoms with Crippen LogP contribution in [0.1, 0.15) is 10.4 Å². The third kappa shape index (κ3) is 4.19.